The van der Waals surface area contributed by atoms with E-state index in [0.717, 1.165) is 11.4 Å². The molecular weight excluding hydrogens is 402 g/mol. The quantitative estimate of drug-likeness (QED) is 0.241. The van der Waals surface area contributed by atoms with Crippen molar-refractivity contribution in [3.05, 3.63) is 88.3 Å². The topological polar surface area (TPSA) is 103 Å². The molecule has 0 aliphatic heterocycles. The third kappa shape index (κ3) is 5.32. The van der Waals surface area contributed by atoms with Gasteiger partial charge in [-0.05, 0) is 18.6 Å². The van der Waals surface area contributed by atoms with Crippen LogP contribution in [-0.4, -0.2) is 31.3 Å². The zero-order chi connectivity index (χ0) is 21.5. The van der Waals surface area contributed by atoms with Crippen LogP contribution >= 0.6 is 11.8 Å². The van der Waals surface area contributed by atoms with Crippen molar-refractivity contribution in [3.8, 4) is 0 Å². The Bertz CT molecular complexity index is 1070. The summed E-state index contributed by atoms with van der Waals surface area (Å²) in [5.41, 5.74) is 2.01. The van der Waals surface area contributed by atoms with Crippen molar-refractivity contribution in [2.24, 2.45) is 0 Å². The van der Waals surface area contributed by atoms with E-state index in [1.807, 2.05) is 34.9 Å². The molecule has 30 heavy (non-hydrogen) atoms. The average molecular weight is 423 g/mol. The number of nitro benzene ring substituents is 1. The number of amides is 1. The van der Waals surface area contributed by atoms with Gasteiger partial charge < -0.3 is 9.88 Å². The number of nitro groups is 1. The van der Waals surface area contributed by atoms with Crippen molar-refractivity contribution in [1.29, 1.82) is 0 Å². The number of hydrogen-bond donors (Lipinski definition) is 1. The van der Waals surface area contributed by atoms with Gasteiger partial charge in [0, 0.05) is 30.3 Å². The molecule has 1 N–H and O–H groups in total. The Hall–Kier alpha value is -3.46. The van der Waals surface area contributed by atoms with Crippen LogP contribution in [0.2, 0.25) is 0 Å². The van der Waals surface area contributed by atoms with Gasteiger partial charge in [0.1, 0.15) is 5.82 Å². The molecule has 0 aliphatic rings. The van der Waals surface area contributed by atoms with E-state index in [9.17, 15) is 14.9 Å². The van der Waals surface area contributed by atoms with Crippen LogP contribution in [-0.2, 0) is 17.8 Å². The summed E-state index contributed by atoms with van der Waals surface area (Å²) in [4.78, 5) is 22.9. The molecule has 0 aliphatic carbocycles. The molecule has 0 saturated carbocycles. The highest BCUT2D eigenvalue weighted by atomic mass is 32.2. The molecule has 0 unspecified atom stereocenters. The Morgan fingerprint density at radius 2 is 2.03 bits per heavy atom. The van der Waals surface area contributed by atoms with Crippen LogP contribution in [0, 0.1) is 17.0 Å². The summed E-state index contributed by atoms with van der Waals surface area (Å²) < 4.78 is 1.93. The summed E-state index contributed by atoms with van der Waals surface area (Å²) in [5.74, 6) is 0.608. The van der Waals surface area contributed by atoms with E-state index >= 15 is 0 Å². The molecule has 0 atom stereocenters. The molecule has 1 amide bonds. The highest BCUT2D eigenvalue weighted by Crippen LogP contribution is 2.23. The predicted molar refractivity (Wildman–Crippen MR) is 117 cm³/mol. The van der Waals surface area contributed by atoms with Gasteiger partial charge >= 0.3 is 0 Å². The molecular formula is C21H21N5O3S. The largest absolute Gasteiger partial charge is 0.325 e. The number of nitrogens with zero attached hydrogens (tertiary/aromatic N) is 4. The second-order valence-corrected chi connectivity index (χ2v) is 7.50. The highest BCUT2D eigenvalue weighted by molar-refractivity contribution is 7.99. The first-order chi connectivity index (χ1) is 14.5. The molecule has 0 bridgehead atoms. The van der Waals surface area contributed by atoms with Crippen LogP contribution in [0.25, 0.3) is 0 Å². The minimum atomic E-state index is -0.467. The molecule has 154 valence electrons. The number of carbonyl (C=O) groups is 1. The summed E-state index contributed by atoms with van der Waals surface area (Å²) >= 11 is 1.26. The first kappa shape index (κ1) is 21.3. The molecule has 1 heterocycles. The normalized spacial score (nSPS) is 10.6. The fourth-order valence-electron chi connectivity index (χ4n) is 2.86. The first-order valence-corrected chi connectivity index (χ1v) is 10.2. The summed E-state index contributed by atoms with van der Waals surface area (Å²) in [6, 6.07) is 14.6. The third-order valence-corrected chi connectivity index (χ3v) is 5.30. The van der Waals surface area contributed by atoms with E-state index < -0.39 is 4.92 Å². The van der Waals surface area contributed by atoms with E-state index in [1.54, 1.807) is 25.1 Å². The Labute approximate surface area is 178 Å². The number of rotatable bonds is 9. The number of aryl methyl sites for hydroxylation is 1. The van der Waals surface area contributed by atoms with Gasteiger partial charge in [0.05, 0.1) is 10.7 Å². The molecule has 1 aromatic heterocycles. The Balaban J connectivity index is 1.66. The van der Waals surface area contributed by atoms with Gasteiger partial charge in [-0.1, -0.05) is 54.2 Å². The predicted octanol–water partition coefficient (Wildman–Crippen LogP) is 4.00. The second-order valence-electron chi connectivity index (χ2n) is 6.56. The van der Waals surface area contributed by atoms with Crippen molar-refractivity contribution in [2.45, 2.75) is 25.0 Å². The maximum Gasteiger partial charge on any atom is 0.274 e. The third-order valence-electron chi connectivity index (χ3n) is 4.33. The van der Waals surface area contributed by atoms with Gasteiger partial charge in [-0.2, -0.15) is 0 Å². The van der Waals surface area contributed by atoms with Crippen LogP contribution in [0.3, 0.4) is 0 Å². The van der Waals surface area contributed by atoms with Crippen molar-refractivity contribution in [1.82, 2.24) is 14.8 Å². The van der Waals surface area contributed by atoms with E-state index in [-0.39, 0.29) is 17.3 Å². The second kappa shape index (κ2) is 9.84. The maximum absolute atomic E-state index is 12.3. The number of benzene rings is 2. The van der Waals surface area contributed by atoms with Gasteiger partial charge in [0.2, 0.25) is 5.91 Å². The average Bonchev–Trinajstić information content (AvgIpc) is 3.10. The number of allylic oxidation sites excluding steroid dienone is 1. The number of thioether (sulfide) groups is 1. The molecule has 3 rings (SSSR count). The number of carbonyl (C=O) groups excluding carboxylic acids is 1. The zero-order valence-corrected chi connectivity index (χ0v) is 17.3. The smallest absolute Gasteiger partial charge is 0.274 e. The standard InChI is InChI=1S/C21H21N5O3S/c1-3-11-25-19(12-16-7-5-4-6-8-16)23-24-21(25)30-14-20(27)22-17-10-9-15(2)18(13-17)26(28)29/h3-10,13H,1,11-12,14H2,2H3,(H,22,27). The molecule has 3 aromatic rings. The molecule has 9 heteroatoms. The molecule has 0 spiro atoms. The SMILES string of the molecule is C=CCn1c(Cc2ccccc2)nnc1SCC(=O)Nc1ccc(C)c([N+](=O)[O-])c1. The summed E-state index contributed by atoms with van der Waals surface area (Å²) in [6.45, 7) is 5.97. The van der Waals surface area contributed by atoms with Crippen LogP contribution in [0.15, 0.2) is 66.3 Å². The van der Waals surface area contributed by atoms with E-state index in [4.69, 9.17) is 0 Å². The molecule has 2 aromatic carbocycles. The monoisotopic (exact) mass is 423 g/mol. The van der Waals surface area contributed by atoms with E-state index in [0.29, 0.717) is 29.4 Å². The molecule has 0 fully saturated rings. The van der Waals surface area contributed by atoms with Crippen LogP contribution < -0.4 is 5.32 Å². The fraction of sp³-hybridized carbons (Fsp3) is 0.190. The summed E-state index contributed by atoms with van der Waals surface area (Å²) in [7, 11) is 0. The summed E-state index contributed by atoms with van der Waals surface area (Å²) in [6.07, 6.45) is 2.38. The number of hydrogen-bond acceptors (Lipinski definition) is 6. The fourth-order valence-corrected chi connectivity index (χ4v) is 3.63. The molecule has 0 radical (unpaired) electrons. The first-order valence-electron chi connectivity index (χ1n) is 9.22. The number of anilines is 1. The van der Waals surface area contributed by atoms with Gasteiger partial charge in [-0.15, -0.1) is 16.8 Å². The van der Waals surface area contributed by atoms with Crippen LogP contribution in [0.1, 0.15) is 17.0 Å². The van der Waals surface area contributed by atoms with E-state index in [1.165, 1.54) is 17.8 Å². The van der Waals surface area contributed by atoms with Gasteiger partial charge in [0.15, 0.2) is 5.16 Å². The van der Waals surface area contributed by atoms with Gasteiger partial charge in [-0.25, -0.2) is 0 Å². The lowest BCUT2D eigenvalue weighted by atomic mass is 10.1. The summed E-state index contributed by atoms with van der Waals surface area (Å²) in [5, 5.41) is 22.9. The lowest BCUT2D eigenvalue weighted by Crippen LogP contribution is -2.15. The van der Waals surface area contributed by atoms with Crippen LogP contribution in [0.4, 0.5) is 11.4 Å². The molecule has 8 nitrogen and oxygen atoms in total. The van der Waals surface area contributed by atoms with Crippen molar-refractivity contribution in [3.63, 3.8) is 0 Å². The maximum atomic E-state index is 12.3. The zero-order valence-electron chi connectivity index (χ0n) is 16.4. The minimum absolute atomic E-state index is 0.0308. The van der Waals surface area contributed by atoms with Gasteiger partial charge in [0.25, 0.3) is 5.69 Å². The van der Waals surface area contributed by atoms with Crippen molar-refractivity contribution < 1.29 is 9.72 Å². The molecule has 0 saturated heterocycles. The van der Waals surface area contributed by atoms with Gasteiger partial charge in [-0.3, -0.25) is 14.9 Å². The van der Waals surface area contributed by atoms with E-state index in [2.05, 4.69) is 22.1 Å². The highest BCUT2D eigenvalue weighted by Gasteiger charge is 2.15. The lowest BCUT2D eigenvalue weighted by Gasteiger charge is -2.08. The minimum Gasteiger partial charge on any atom is -0.325 e. The Kier molecular flexibility index (Phi) is 6.97. The number of aromatic nitrogens is 3. The van der Waals surface area contributed by atoms with Crippen molar-refractivity contribution in [2.75, 3.05) is 11.1 Å². The Morgan fingerprint density at radius 3 is 2.73 bits per heavy atom. The lowest BCUT2D eigenvalue weighted by molar-refractivity contribution is -0.385. The number of nitrogens with one attached hydrogen (secondary N) is 1. The van der Waals surface area contributed by atoms with Crippen LogP contribution in [0.5, 0.6) is 0 Å². The van der Waals surface area contributed by atoms with Crippen molar-refractivity contribution >= 4 is 29.0 Å². The Morgan fingerprint density at radius 1 is 1.27 bits per heavy atom.